The fraction of sp³-hybridized carbons (Fsp3) is 0.600. The van der Waals surface area contributed by atoms with Crippen molar-refractivity contribution >= 4 is 29.3 Å². The van der Waals surface area contributed by atoms with Crippen LogP contribution in [0.3, 0.4) is 0 Å². The van der Waals surface area contributed by atoms with Crippen LogP contribution in [0.25, 0.3) is 0 Å². The fourth-order valence-corrected chi connectivity index (χ4v) is 4.02. The van der Waals surface area contributed by atoms with E-state index >= 15 is 0 Å². The smallest absolute Gasteiger partial charge is 0.233 e. The number of ether oxygens (including phenoxy) is 1. The Kier molecular flexibility index (Phi) is 8.43. The van der Waals surface area contributed by atoms with Gasteiger partial charge in [0, 0.05) is 51.6 Å². The predicted octanol–water partition coefficient (Wildman–Crippen LogP) is 3.38. The van der Waals surface area contributed by atoms with E-state index in [4.69, 9.17) is 19.7 Å². The molecule has 1 aromatic heterocycles. The Morgan fingerprint density at radius 2 is 1.91 bits per heavy atom. The van der Waals surface area contributed by atoms with Gasteiger partial charge in [-0.25, -0.2) is 0 Å². The van der Waals surface area contributed by atoms with Crippen molar-refractivity contribution in [1.82, 2.24) is 19.9 Å². The maximum atomic E-state index is 12.3. The van der Waals surface area contributed by atoms with Crippen LogP contribution in [-0.2, 0) is 4.74 Å². The lowest BCUT2D eigenvalue weighted by atomic mass is 9.96. The van der Waals surface area contributed by atoms with E-state index in [1.807, 2.05) is 32.2 Å². The van der Waals surface area contributed by atoms with Crippen molar-refractivity contribution in [2.75, 3.05) is 75.7 Å². The lowest BCUT2D eigenvalue weighted by molar-refractivity contribution is 0.0848. The van der Waals surface area contributed by atoms with Gasteiger partial charge in [-0.3, -0.25) is 4.79 Å². The summed E-state index contributed by atoms with van der Waals surface area (Å²) in [5, 5.41) is 3.35. The van der Waals surface area contributed by atoms with E-state index in [2.05, 4.69) is 47.8 Å². The Morgan fingerprint density at radius 1 is 1.15 bits per heavy atom. The van der Waals surface area contributed by atoms with Crippen LogP contribution in [0, 0.1) is 12.3 Å². The molecule has 0 unspecified atom stereocenters. The summed E-state index contributed by atoms with van der Waals surface area (Å²) in [5.74, 6) is 1.70. The van der Waals surface area contributed by atoms with Gasteiger partial charge in [-0.1, -0.05) is 32.9 Å². The van der Waals surface area contributed by atoms with E-state index in [1.54, 1.807) is 0 Å². The van der Waals surface area contributed by atoms with Gasteiger partial charge in [-0.15, -0.1) is 0 Å². The quantitative estimate of drug-likeness (QED) is 0.585. The molecule has 1 aliphatic rings. The number of aromatic nitrogens is 3. The van der Waals surface area contributed by atoms with Gasteiger partial charge >= 0.3 is 0 Å². The van der Waals surface area contributed by atoms with Crippen molar-refractivity contribution in [2.24, 2.45) is 5.41 Å². The number of carbonyl (C=O) groups is 1. The normalized spacial score (nSPS) is 15.2. The number of nitrogens with zero attached hydrogens (tertiary/aromatic N) is 6. The van der Waals surface area contributed by atoms with E-state index in [0.29, 0.717) is 23.4 Å². The van der Waals surface area contributed by atoms with Crippen molar-refractivity contribution < 1.29 is 9.53 Å². The number of hydrogen-bond acceptors (Lipinski definition) is 9. The van der Waals surface area contributed by atoms with E-state index in [1.165, 1.54) is 7.11 Å². The molecule has 1 aromatic carbocycles. The zero-order chi connectivity index (χ0) is 24.9. The monoisotopic (exact) mass is 469 g/mol. The number of Topliss-reactive ketones (excluding diaryl/α,β-unsaturated/α-hetero) is 1. The third-order valence-electron chi connectivity index (χ3n) is 5.75. The summed E-state index contributed by atoms with van der Waals surface area (Å²) >= 11 is 0. The lowest BCUT2D eigenvalue weighted by Gasteiger charge is -2.28. The molecule has 9 nitrogen and oxygen atoms in total. The molecule has 0 spiro atoms. The van der Waals surface area contributed by atoms with Crippen LogP contribution < -0.4 is 15.1 Å². The molecular weight excluding hydrogens is 430 g/mol. The number of ketones is 1. The number of likely N-dealkylation sites (N-methyl/N-ethyl adjacent to an activating group) is 1. The molecule has 9 heteroatoms. The van der Waals surface area contributed by atoms with Crippen molar-refractivity contribution in [3.63, 3.8) is 0 Å². The number of aryl methyl sites for hydroxylation is 1. The van der Waals surface area contributed by atoms with Gasteiger partial charge in [0.2, 0.25) is 17.8 Å². The first-order chi connectivity index (χ1) is 16.1. The van der Waals surface area contributed by atoms with Crippen LogP contribution >= 0.6 is 0 Å². The standard InChI is InChI=1S/C25H39N7O2/c1-18-9-10-19(21(33)16-34-7)15-20(18)26-22-27-23(31(6)17-25(2,3)4)29-24(28-22)32-12-8-11-30(5)13-14-32/h9-10,15H,8,11-14,16-17H2,1-7H3,(H,26,27,28,29). The zero-order valence-corrected chi connectivity index (χ0v) is 21.7. The maximum Gasteiger partial charge on any atom is 0.233 e. The number of methoxy groups -OCH3 is 1. The molecule has 2 heterocycles. The van der Waals surface area contributed by atoms with Crippen LogP contribution in [-0.4, -0.2) is 86.2 Å². The van der Waals surface area contributed by atoms with Crippen LogP contribution in [0.1, 0.15) is 43.1 Å². The average molecular weight is 470 g/mol. The topological polar surface area (TPSA) is 86.7 Å². The van der Waals surface area contributed by atoms with E-state index in [0.717, 1.165) is 50.4 Å². The molecule has 2 aromatic rings. The minimum absolute atomic E-state index is 0.0452. The highest BCUT2D eigenvalue weighted by atomic mass is 16.5. The van der Waals surface area contributed by atoms with Crippen LogP contribution in [0.2, 0.25) is 0 Å². The second kappa shape index (κ2) is 11.1. The molecule has 0 aliphatic carbocycles. The second-order valence-electron chi connectivity index (χ2n) is 10.3. The molecule has 186 valence electrons. The Labute approximate surface area is 203 Å². The van der Waals surface area contributed by atoms with Crippen molar-refractivity contribution in [2.45, 2.75) is 34.1 Å². The molecule has 1 saturated heterocycles. The minimum Gasteiger partial charge on any atom is -0.377 e. The SMILES string of the molecule is COCC(=O)c1ccc(C)c(Nc2nc(N(C)CC(C)(C)C)nc(N3CCCN(C)CC3)n2)c1. The molecule has 1 N–H and O–H groups in total. The molecule has 34 heavy (non-hydrogen) atoms. The van der Waals surface area contributed by atoms with Gasteiger partial charge in [-0.2, -0.15) is 15.0 Å². The van der Waals surface area contributed by atoms with Crippen molar-refractivity contribution in [1.29, 1.82) is 0 Å². The van der Waals surface area contributed by atoms with Crippen LogP contribution in [0.4, 0.5) is 23.5 Å². The molecule has 0 bridgehead atoms. The summed E-state index contributed by atoms with van der Waals surface area (Å²) in [6.07, 6.45) is 1.06. The van der Waals surface area contributed by atoms with Crippen molar-refractivity contribution in [3.05, 3.63) is 29.3 Å². The number of rotatable bonds is 8. The first-order valence-corrected chi connectivity index (χ1v) is 11.9. The first kappa shape index (κ1) is 25.8. The summed E-state index contributed by atoms with van der Waals surface area (Å²) in [7, 11) is 5.68. The first-order valence-electron chi connectivity index (χ1n) is 11.9. The molecule has 1 fully saturated rings. The number of benzene rings is 1. The van der Waals surface area contributed by atoms with Gasteiger partial charge in [0.05, 0.1) is 0 Å². The largest absolute Gasteiger partial charge is 0.377 e. The summed E-state index contributed by atoms with van der Waals surface area (Å²) < 4.78 is 5.01. The minimum atomic E-state index is -0.0684. The Morgan fingerprint density at radius 3 is 2.62 bits per heavy atom. The number of nitrogens with one attached hydrogen (secondary N) is 1. The molecule has 0 amide bonds. The molecule has 0 radical (unpaired) electrons. The van der Waals surface area contributed by atoms with E-state index in [9.17, 15) is 4.79 Å². The van der Waals surface area contributed by atoms with E-state index in [-0.39, 0.29) is 17.8 Å². The Hall–Kier alpha value is -2.78. The Bertz CT molecular complexity index is 990. The van der Waals surface area contributed by atoms with Gasteiger partial charge in [0.25, 0.3) is 0 Å². The fourth-order valence-electron chi connectivity index (χ4n) is 4.02. The predicted molar refractivity (Wildman–Crippen MR) is 138 cm³/mol. The van der Waals surface area contributed by atoms with Crippen LogP contribution in [0.15, 0.2) is 18.2 Å². The highest BCUT2D eigenvalue weighted by Gasteiger charge is 2.21. The van der Waals surface area contributed by atoms with Crippen molar-refractivity contribution in [3.8, 4) is 0 Å². The van der Waals surface area contributed by atoms with Gasteiger partial charge < -0.3 is 24.8 Å². The third kappa shape index (κ3) is 7.11. The summed E-state index contributed by atoms with van der Waals surface area (Å²) in [4.78, 5) is 33.4. The lowest BCUT2D eigenvalue weighted by Crippen LogP contribution is -2.33. The summed E-state index contributed by atoms with van der Waals surface area (Å²) in [6, 6.07) is 5.57. The van der Waals surface area contributed by atoms with Crippen LogP contribution in [0.5, 0.6) is 0 Å². The number of carbonyl (C=O) groups excluding carboxylic acids is 1. The van der Waals surface area contributed by atoms with Gasteiger partial charge in [0.1, 0.15) is 6.61 Å². The van der Waals surface area contributed by atoms with Gasteiger partial charge in [-0.05, 0) is 44.0 Å². The van der Waals surface area contributed by atoms with Gasteiger partial charge in [0.15, 0.2) is 5.78 Å². The molecule has 0 saturated carbocycles. The molecule has 1 aliphatic heterocycles. The number of anilines is 4. The maximum absolute atomic E-state index is 12.3. The van der Waals surface area contributed by atoms with E-state index < -0.39 is 0 Å². The average Bonchev–Trinajstić information content (AvgIpc) is 2.98. The zero-order valence-electron chi connectivity index (χ0n) is 21.7. The third-order valence-corrected chi connectivity index (χ3v) is 5.75. The Balaban J connectivity index is 1.96. The highest BCUT2D eigenvalue weighted by molar-refractivity contribution is 5.98. The highest BCUT2D eigenvalue weighted by Crippen LogP contribution is 2.25. The summed E-state index contributed by atoms with van der Waals surface area (Å²) in [6.45, 7) is 13.2. The molecule has 3 rings (SSSR count). The molecular formula is C25H39N7O2. The summed E-state index contributed by atoms with van der Waals surface area (Å²) in [5.41, 5.74) is 2.47. The number of hydrogen-bond donors (Lipinski definition) is 1. The molecule has 0 atom stereocenters. The second-order valence-corrected chi connectivity index (χ2v) is 10.3.